The van der Waals surface area contributed by atoms with Crippen LogP contribution in [0.4, 0.5) is 0 Å². The Morgan fingerprint density at radius 3 is 2.47 bits per heavy atom. The molecule has 0 saturated heterocycles. The molecule has 4 saturated carbocycles. The van der Waals surface area contributed by atoms with E-state index in [9.17, 15) is 15.0 Å². The Labute approximate surface area is 196 Å². The SMILES string of the molecule is C/C=C(\CC[C@@H](C)C1CCC2C3CC(=O)[C@@]4(O)C[C@@H](O)CC[C@]4(C)C3CCC21C)C(C)C. The molecule has 32 heavy (non-hydrogen) atoms. The van der Waals surface area contributed by atoms with E-state index < -0.39 is 11.7 Å². The second-order valence-corrected chi connectivity index (χ2v) is 12.9. The van der Waals surface area contributed by atoms with Crippen molar-refractivity contribution in [2.75, 3.05) is 0 Å². The topological polar surface area (TPSA) is 57.5 Å². The first-order valence-corrected chi connectivity index (χ1v) is 13.6. The van der Waals surface area contributed by atoms with Crippen molar-refractivity contribution >= 4 is 5.78 Å². The summed E-state index contributed by atoms with van der Waals surface area (Å²) in [6.45, 7) is 14.0. The Morgan fingerprint density at radius 2 is 1.81 bits per heavy atom. The van der Waals surface area contributed by atoms with Crippen LogP contribution in [-0.2, 0) is 4.79 Å². The third-order valence-electron chi connectivity index (χ3n) is 11.4. The van der Waals surface area contributed by atoms with Crippen molar-refractivity contribution in [3.05, 3.63) is 11.6 Å². The minimum Gasteiger partial charge on any atom is -0.393 e. The van der Waals surface area contributed by atoms with Gasteiger partial charge in [-0.2, -0.15) is 0 Å². The summed E-state index contributed by atoms with van der Waals surface area (Å²) in [6, 6.07) is 0. The summed E-state index contributed by atoms with van der Waals surface area (Å²) in [5.74, 6) is 3.56. The molecule has 0 aromatic carbocycles. The molecular formula is C29H48O3. The lowest BCUT2D eigenvalue weighted by molar-refractivity contribution is -0.213. The van der Waals surface area contributed by atoms with E-state index in [-0.39, 0.29) is 17.6 Å². The van der Waals surface area contributed by atoms with Crippen LogP contribution < -0.4 is 0 Å². The summed E-state index contributed by atoms with van der Waals surface area (Å²) in [7, 11) is 0. The molecule has 3 nitrogen and oxygen atoms in total. The zero-order valence-electron chi connectivity index (χ0n) is 21.5. The van der Waals surface area contributed by atoms with E-state index in [1.807, 2.05) is 0 Å². The minimum absolute atomic E-state index is 0.0235. The van der Waals surface area contributed by atoms with Gasteiger partial charge >= 0.3 is 0 Å². The predicted octanol–water partition coefficient (Wildman–Crippen LogP) is 6.32. The van der Waals surface area contributed by atoms with Crippen molar-refractivity contribution in [2.45, 2.75) is 117 Å². The average Bonchev–Trinajstić information content (AvgIpc) is 3.08. The lowest BCUT2D eigenvalue weighted by Crippen LogP contribution is -2.67. The molecule has 182 valence electrons. The second-order valence-electron chi connectivity index (χ2n) is 12.9. The fourth-order valence-electron chi connectivity index (χ4n) is 9.36. The third-order valence-corrected chi connectivity index (χ3v) is 11.4. The number of aliphatic hydroxyl groups excluding tert-OH is 1. The molecule has 2 N–H and O–H groups in total. The van der Waals surface area contributed by atoms with Gasteiger partial charge in [0.05, 0.1) is 6.10 Å². The molecule has 0 radical (unpaired) electrons. The smallest absolute Gasteiger partial charge is 0.165 e. The molecule has 0 heterocycles. The van der Waals surface area contributed by atoms with Crippen LogP contribution >= 0.6 is 0 Å². The van der Waals surface area contributed by atoms with Crippen LogP contribution in [-0.4, -0.2) is 27.7 Å². The van der Waals surface area contributed by atoms with Crippen molar-refractivity contribution in [1.82, 2.24) is 0 Å². The zero-order valence-corrected chi connectivity index (χ0v) is 21.5. The Balaban J connectivity index is 1.53. The minimum atomic E-state index is -1.31. The van der Waals surface area contributed by atoms with Crippen LogP contribution in [0.25, 0.3) is 0 Å². The molecule has 4 aliphatic rings. The van der Waals surface area contributed by atoms with Gasteiger partial charge in [-0.05, 0) is 99.2 Å². The second kappa shape index (κ2) is 8.52. The van der Waals surface area contributed by atoms with E-state index in [0.717, 1.165) is 25.2 Å². The molecule has 5 unspecified atom stereocenters. The Morgan fingerprint density at radius 1 is 1.09 bits per heavy atom. The summed E-state index contributed by atoms with van der Waals surface area (Å²) in [6.07, 6.45) is 11.5. The first-order valence-electron chi connectivity index (χ1n) is 13.6. The molecule has 4 fully saturated rings. The van der Waals surface area contributed by atoms with Crippen molar-refractivity contribution in [3.63, 3.8) is 0 Å². The van der Waals surface area contributed by atoms with E-state index in [1.165, 1.54) is 32.1 Å². The first-order chi connectivity index (χ1) is 15.0. The summed E-state index contributed by atoms with van der Waals surface area (Å²) >= 11 is 0. The van der Waals surface area contributed by atoms with E-state index in [2.05, 4.69) is 47.6 Å². The molecule has 3 heteroatoms. The van der Waals surface area contributed by atoms with Crippen molar-refractivity contribution in [2.24, 2.45) is 46.3 Å². The molecule has 0 aliphatic heterocycles. The Hall–Kier alpha value is -0.670. The summed E-state index contributed by atoms with van der Waals surface area (Å²) in [4.78, 5) is 13.4. The highest BCUT2D eigenvalue weighted by atomic mass is 16.3. The molecule has 0 spiro atoms. The lowest BCUT2D eigenvalue weighted by Gasteiger charge is -2.63. The molecule has 0 aromatic heterocycles. The Kier molecular flexibility index (Phi) is 6.51. The van der Waals surface area contributed by atoms with Crippen molar-refractivity contribution in [1.29, 1.82) is 0 Å². The van der Waals surface area contributed by atoms with E-state index in [0.29, 0.717) is 41.4 Å². The van der Waals surface area contributed by atoms with Gasteiger partial charge in [0, 0.05) is 18.3 Å². The first kappa shape index (κ1) is 24.5. The maximum Gasteiger partial charge on any atom is 0.165 e. The number of carbonyl (C=O) groups is 1. The quantitative estimate of drug-likeness (QED) is 0.488. The molecule has 9 atom stereocenters. The monoisotopic (exact) mass is 444 g/mol. The molecule has 4 aliphatic carbocycles. The van der Waals surface area contributed by atoms with Gasteiger partial charge in [0.1, 0.15) is 5.60 Å². The van der Waals surface area contributed by atoms with E-state index in [4.69, 9.17) is 0 Å². The van der Waals surface area contributed by atoms with Crippen LogP contribution in [0.2, 0.25) is 0 Å². The zero-order chi connectivity index (χ0) is 23.5. The van der Waals surface area contributed by atoms with Crippen LogP contribution in [0.3, 0.4) is 0 Å². The van der Waals surface area contributed by atoms with Gasteiger partial charge in [0.25, 0.3) is 0 Å². The number of ketones is 1. The number of Topliss-reactive ketones (excluding diaryl/α,β-unsaturated/α-hetero) is 1. The number of fused-ring (bicyclic) bond motifs is 5. The van der Waals surface area contributed by atoms with E-state index >= 15 is 0 Å². The van der Waals surface area contributed by atoms with Gasteiger partial charge in [-0.3, -0.25) is 4.79 Å². The standard InChI is InChI=1S/C29H48O3/c1-7-20(18(2)3)9-8-19(4)23-10-11-24-22-16-26(31)29(32)17-21(30)12-15-28(29,6)25(22)13-14-27(23,24)5/h7,18-19,21-25,30,32H,8-17H2,1-6H3/b20-7+/t19-,21+,22?,23?,24?,25?,27?,28-,29+/m1/s1. The van der Waals surface area contributed by atoms with Gasteiger partial charge in [-0.25, -0.2) is 0 Å². The number of hydrogen-bond donors (Lipinski definition) is 2. The molecule has 0 aromatic rings. The summed E-state index contributed by atoms with van der Waals surface area (Å²) in [5.41, 5.74) is 0.235. The van der Waals surface area contributed by atoms with Gasteiger partial charge in [0.15, 0.2) is 5.78 Å². The van der Waals surface area contributed by atoms with E-state index in [1.54, 1.807) is 5.57 Å². The molecule has 0 amide bonds. The number of carbonyl (C=O) groups excluding carboxylic acids is 1. The predicted molar refractivity (Wildman–Crippen MR) is 130 cm³/mol. The molecular weight excluding hydrogens is 396 g/mol. The fourth-order valence-corrected chi connectivity index (χ4v) is 9.36. The summed E-state index contributed by atoms with van der Waals surface area (Å²) < 4.78 is 0. The van der Waals surface area contributed by atoms with Crippen LogP contribution in [0.1, 0.15) is 106 Å². The number of rotatable bonds is 5. The number of aliphatic hydroxyl groups is 2. The largest absolute Gasteiger partial charge is 0.393 e. The normalized spacial score (nSPS) is 47.7. The maximum atomic E-state index is 13.4. The van der Waals surface area contributed by atoms with Crippen LogP contribution in [0.5, 0.6) is 0 Å². The average molecular weight is 445 g/mol. The fraction of sp³-hybridized carbons (Fsp3) is 0.897. The molecule has 4 rings (SSSR count). The van der Waals surface area contributed by atoms with Gasteiger partial charge < -0.3 is 10.2 Å². The summed E-state index contributed by atoms with van der Waals surface area (Å²) in [5, 5.41) is 21.8. The third kappa shape index (κ3) is 3.56. The lowest BCUT2D eigenvalue weighted by atomic mass is 9.42. The van der Waals surface area contributed by atoms with Crippen LogP contribution in [0, 0.1) is 46.3 Å². The highest BCUT2D eigenvalue weighted by molar-refractivity contribution is 5.89. The molecule has 0 bridgehead atoms. The Bertz CT molecular complexity index is 756. The van der Waals surface area contributed by atoms with Gasteiger partial charge in [-0.15, -0.1) is 0 Å². The maximum absolute atomic E-state index is 13.4. The highest BCUT2D eigenvalue weighted by Gasteiger charge is 2.67. The van der Waals surface area contributed by atoms with Crippen molar-refractivity contribution in [3.8, 4) is 0 Å². The highest BCUT2D eigenvalue weighted by Crippen LogP contribution is 2.68. The van der Waals surface area contributed by atoms with Crippen LogP contribution in [0.15, 0.2) is 11.6 Å². The number of allylic oxidation sites excluding steroid dienone is 2. The van der Waals surface area contributed by atoms with Gasteiger partial charge in [-0.1, -0.05) is 46.3 Å². The van der Waals surface area contributed by atoms with Gasteiger partial charge in [0.2, 0.25) is 0 Å². The number of hydrogen-bond acceptors (Lipinski definition) is 3. The van der Waals surface area contributed by atoms with Crippen molar-refractivity contribution < 1.29 is 15.0 Å².